The number of amides is 1. The molecule has 8 heteroatoms. The molecule has 0 saturated carbocycles. The maximum absolute atomic E-state index is 12.9. The molecule has 4 rings (SSSR count). The van der Waals surface area contributed by atoms with E-state index in [9.17, 15) is 9.90 Å². The summed E-state index contributed by atoms with van der Waals surface area (Å²) in [6.45, 7) is -0.220. The van der Waals surface area contributed by atoms with Gasteiger partial charge in [-0.25, -0.2) is 0 Å². The molecule has 34 heavy (non-hydrogen) atoms. The zero-order valence-electron chi connectivity index (χ0n) is 18.6. The van der Waals surface area contributed by atoms with E-state index in [1.807, 2.05) is 18.2 Å². The molecule has 1 heterocycles. The Morgan fingerprint density at radius 2 is 1.71 bits per heavy atom. The second-order valence-electron chi connectivity index (χ2n) is 7.44. The summed E-state index contributed by atoms with van der Waals surface area (Å²) in [6.07, 6.45) is 1.57. The number of carbonyl (C=O) groups excluding carboxylic acids is 1. The molecule has 1 amide bonds. The smallest absolute Gasteiger partial charge is 0.258 e. The summed E-state index contributed by atoms with van der Waals surface area (Å²) >= 11 is 6.52. The number of pyridine rings is 1. The lowest BCUT2D eigenvalue weighted by Gasteiger charge is -2.23. The first kappa shape index (κ1) is 23.2. The number of phenols is 1. The van der Waals surface area contributed by atoms with E-state index in [2.05, 4.69) is 10.3 Å². The van der Waals surface area contributed by atoms with Crippen molar-refractivity contribution in [2.24, 2.45) is 0 Å². The Bertz CT molecular complexity index is 1290. The number of hydrogen-bond donors (Lipinski definition) is 2. The first-order valence-corrected chi connectivity index (χ1v) is 10.8. The van der Waals surface area contributed by atoms with Gasteiger partial charge in [0.2, 0.25) is 0 Å². The van der Waals surface area contributed by atoms with Gasteiger partial charge in [0.25, 0.3) is 5.91 Å². The van der Waals surface area contributed by atoms with Crippen molar-refractivity contribution in [3.8, 4) is 23.0 Å². The average molecular weight is 479 g/mol. The second kappa shape index (κ2) is 10.3. The number of halogens is 1. The lowest BCUT2D eigenvalue weighted by Crippen LogP contribution is -2.33. The summed E-state index contributed by atoms with van der Waals surface area (Å²) in [6, 6.07) is 18.6. The molecule has 4 aromatic rings. The van der Waals surface area contributed by atoms with Crippen molar-refractivity contribution < 1.29 is 24.1 Å². The van der Waals surface area contributed by atoms with E-state index in [1.54, 1.807) is 54.7 Å². The Morgan fingerprint density at radius 1 is 1.00 bits per heavy atom. The van der Waals surface area contributed by atoms with Crippen molar-refractivity contribution >= 4 is 28.4 Å². The van der Waals surface area contributed by atoms with Crippen LogP contribution in [0.5, 0.6) is 23.0 Å². The largest absolute Gasteiger partial charge is 0.505 e. The van der Waals surface area contributed by atoms with E-state index in [0.717, 1.165) is 0 Å². The zero-order valence-corrected chi connectivity index (χ0v) is 19.4. The number of carbonyl (C=O) groups is 1. The summed E-state index contributed by atoms with van der Waals surface area (Å²) < 4.78 is 16.4. The molecule has 0 aliphatic carbocycles. The Balaban J connectivity index is 1.75. The fraction of sp³-hybridized carbons (Fsp3) is 0.154. The van der Waals surface area contributed by atoms with Gasteiger partial charge in [-0.2, -0.15) is 0 Å². The van der Waals surface area contributed by atoms with Crippen LogP contribution in [0.4, 0.5) is 0 Å². The van der Waals surface area contributed by atoms with Gasteiger partial charge in [0.15, 0.2) is 6.61 Å². The molecule has 0 aliphatic heterocycles. The molecule has 174 valence electrons. The summed E-state index contributed by atoms with van der Waals surface area (Å²) in [5.41, 5.74) is 1.32. The van der Waals surface area contributed by atoms with Gasteiger partial charge in [-0.1, -0.05) is 29.8 Å². The average Bonchev–Trinajstić information content (AvgIpc) is 2.88. The highest BCUT2D eigenvalue weighted by Crippen LogP contribution is 2.39. The summed E-state index contributed by atoms with van der Waals surface area (Å²) in [4.78, 5) is 17.2. The Kier molecular flexibility index (Phi) is 7.04. The van der Waals surface area contributed by atoms with Crippen LogP contribution in [-0.2, 0) is 4.79 Å². The van der Waals surface area contributed by atoms with Gasteiger partial charge in [0.1, 0.15) is 28.5 Å². The van der Waals surface area contributed by atoms with Gasteiger partial charge in [0, 0.05) is 23.2 Å². The molecule has 1 aromatic heterocycles. The fourth-order valence-electron chi connectivity index (χ4n) is 3.63. The molecule has 0 bridgehead atoms. The Morgan fingerprint density at radius 3 is 2.38 bits per heavy atom. The summed E-state index contributed by atoms with van der Waals surface area (Å²) in [7, 11) is 3.07. The highest BCUT2D eigenvalue weighted by Gasteiger charge is 2.25. The van der Waals surface area contributed by atoms with Gasteiger partial charge in [-0.05, 0) is 48.0 Å². The zero-order chi connectivity index (χ0) is 24.1. The van der Waals surface area contributed by atoms with Crippen LogP contribution >= 0.6 is 11.6 Å². The predicted octanol–water partition coefficient (Wildman–Crippen LogP) is 4.90. The number of aromatic hydroxyl groups is 1. The molecule has 0 aliphatic rings. The molecule has 0 fully saturated rings. The number of phenolic OH excluding ortho intramolecular Hbond substituents is 1. The van der Waals surface area contributed by atoms with Gasteiger partial charge >= 0.3 is 0 Å². The first-order valence-electron chi connectivity index (χ1n) is 10.5. The van der Waals surface area contributed by atoms with Crippen LogP contribution < -0.4 is 19.5 Å². The number of fused-ring (bicyclic) bond motifs is 1. The van der Waals surface area contributed by atoms with Crippen LogP contribution in [0.25, 0.3) is 10.9 Å². The second-order valence-corrected chi connectivity index (χ2v) is 7.85. The maximum atomic E-state index is 12.9. The molecule has 0 saturated heterocycles. The number of ether oxygens (including phenoxy) is 3. The quantitative estimate of drug-likeness (QED) is 0.374. The van der Waals surface area contributed by atoms with Crippen LogP contribution in [0.3, 0.4) is 0 Å². The van der Waals surface area contributed by atoms with Gasteiger partial charge in [-0.15, -0.1) is 0 Å². The van der Waals surface area contributed by atoms with Crippen LogP contribution in [0.2, 0.25) is 5.02 Å². The minimum atomic E-state index is -0.792. The number of methoxy groups -OCH3 is 2. The van der Waals surface area contributed by atoms with E-state index in [4.69, 9.17) is 25.8 Å². The molecule has 2 N–H and O–H groups in total. The number of para-hydroxylation sites is 1. The van der Waals surface area contributed by atoms with Crippen LogP contribution in [0.1, 0.15) is 17.2 Å². The third-order valence-electron chi connectivity index (χ3n) is 5.28. The molecule has 1 atom stereocenters. The number of rotatable bonds is 8. The lowest BCUT2D eigenvalue weighted by molar-refractivity contribution is -0.123. The number of benzene rings is 3. The van der Waals surface area contributed by atoms with Crippen LogP contribution in [0.15, 0.2) is 72.9 Å². The van der Waals surface area contributed by atoms with E-state index in [0.29, 0.717) is 44.3 Å². The van der Waals surface area contributed by atoms with E-state index in [-0.39, 0.29) is 12.4 Å². The summed E-state index contributed by atoms with van der Waals surface area (Å²) in [5.74, 6) is 1.14. The summed E-state index contributed by atoms with van der Waals surface area (Å²) in [5, 5.41) is 15.0. The SMILES string of the molecule is COc1cc(OC)cc(C(NC(=O)COc2ccccc2)c2cc(Cl)c3cccnc3c2O)c1. The van der Waals surface area contributed by atoms with E-state index >= 15 is 0 Å². The predicted molar refractivity (Wildman–Crippen MR) is 130 cm³/mol. The lowest BCUT2D eigenvalue weighted by atomic mass is 9.95. The molecule has 1 unspecified atom stereocenters. The molecule has 0 spiro atoms. The topological polar surface area (TPSA) is 89.9 Å². The molecule has 3 aromatic carbocycles. The number of nitrogens with zero attached hydrogens (tertiary/aromatic N) is 1. The van der Waals surface area contributed by atoms with Crippen molar-refractivity contribution in [1.29, 1.82) is 0 Å². The van der Waals surface area contributed by atoms with Gasteiger partial charge in [0.05, 0.1) is 25.3 Å². The maximum Gasteiger partial charge on any atom is 0.258 e. The van der Waals surface area contributed by atoms with Crippen LogP contribution in [0, 0.1) is 0 Å². The first-order chi connectivity index (χ1) is 16.5. The fourth-order valence-corrected chi connectivity index (χ4v) is 3.90. The standard InChI is InChI=1S/C26H23ClN2O5/c1-32-18-11-16(12-19(13-18)33-2)24(29-23(30)15-34-17-7-4-3-5-8-17)21-14-22(27)20-9-6-10-28-25(20)26(21)31/h3-14,24,31H,15H2,1-2H3,(H,29,30). The third kappa shape index (κ3) is 5.00. The monoisotopic (exact) mass is 478 g/mol. The van der Waals surface area contributed by atoms with Crippen molar-refractivity contribution in [3.05, 3.63) is 89.1 Å². The molecule has 7 nitrogen and oxygen atoms in total. The minimum absolute atomic E-state index is 0.0870. The van der Waals surface area contributed by atoms with E-state index in [1.165, 1.54) is 14.2 Å². The molecular weight excluding hydrogens is 456 g/mol. The minimum Gasteiger partial charge on any atom is -0.505 e. The molecular formula is C26H23ClN2O5. The van der Waals surface area contributed by atoms with Crippen molar-refractivity contribution in [2.45, 2.75) is 6.04 Å². The Labute approximate surface area is 201 Å². The highest BCUT2D eigenvalue weighted by atomic mass is 35.5. The highest BCUT2D eigenvalue weighted by molar-refractivity contribution is 6.35. The number of hydrogen-bond acceptors (Lipinski definition) is 6. The van der Waals surface area contributed by atoms with Crippen LogP contribution in [-0.4, -0.2) is 36.8 Å². The normalized spacial score (nSPS) is 11.6. The van der Waals surface area contributed by atoms with Crippen molar-refractivity contribution in [3.63, 3.8) is 0 Å². The molecule has 0 radical (unpaired) electrons. The van der Waals surface area contributed by atoms with Crippen molar-refractivity contribution in [1.82, 2.24) is 10.3 Å². The Hall–Kier alpha value is -3.97. The van der Waals surface area contributed by atoms with Gasteiger partial charge < -0.3 is 24.6 Å². The van der Waals surface area contributed by atoms with Crippen molar-refractivity contribution in [2.75, 3.05) is 20.8 Å². The van der Waals surface area contributed by atoms with Gasteiger partial charge in [-0.3, -0.25) is 9.78 Å². The van der Waals surface area contributed by atoms with E-state index < -0.39 is 11.9 Å². The third-order valence-corrected chi connectivity index (χ3v) is 5.59. The number of nitrogens with one attached hydrogen (secondary N) is 1. The number of aromatic nitrogens is 1.